The highest BCUT2D eigenvalue weighted by Crippen LogP contribution is 2.04. The normalized spacial score (nSPS) is 10.6. The van der Waals surface area contributed by atoms with Gasteiger partial charge in [-0.3, -0.25) is 14.3 Å². The fourth-order valence-corrected chi connectivity index (χ4v) is 1.36. The molecule has 0 bridgehead atoms. The van der Waals surface area contributed by atoms with Gasteiger partial charge < -0.3 is 10.3 Å². The molecule has 7 heteroatoms. The fraction of sp³-hybridized carbons (Fsp3) is 0.222. The molecule has 0 atom stereocenters. The third kappa shape index (κ3) is 1.88. The summed E-state index contributed by atoms with van der Waals surface area (Å²) in [5.74, 6) is 0.737. The molecule has 0 saturated carbocycles. The number of aromatic amines is 1. The first-order valence-electron chi connectivity index (χ1n) is 4.58. The number of nitrogen functional groups attached to an aromatic ring is 1. The van der Waals surface area contributed by atoms with Crippen LogP contribution >= 0.6 is 0 Å². The Bertz CT molecular complexity index is 622. The van der Waals surface area contributed by atoms with Crippen LogP contribution in [0.3, 0.4) is 0 Å². The van der Waals surface area contributed by atoms with Crippen LogP contribution in [0.15, 0.2) is 26.2 Å². The Morgan fingerprint density at radius 1 is 1.50 bits per heavy atom. The lowest BCUT2D eigenvalue weighted by Crippen LogP contribution is -2.31. The standard InChI is InChI=1S/C9H10N4O3/c1-5-2-6(12-16-5)4-13-7(10)3-8(14)11-9(13)15/h2-3H,4,10H2,1H3,(H,11,14,15). The molecule has 0 aliphatic rings. The summed E-state index contributed by atoms with van der Waals surface area (Å²) in [7, 11) is 0. The van der Waals surface area contributed by atoms with Crippen molar-refractivity contribution >= 4 is 5.82 Å². The van der Waals surface area contributed by atoms with Gasteiger partial charge in [0.15, 0.2) is 0 Å². The van der Waals surface area contributed by atoms with Gasteiger partial charge in [0.05, 0.1) is 6.54 Å². The lowest BCUT2D eigenvalue weighted by Gasteiger charge is -2.04. The van der Waals surface area contributed by atoms with Gasteiger partial charge in [-0.15, -0.1) is 0 Å². The number of hydrogen-bond acceptors (Lipinski definition) is 5. The molecule has 0 saturated heterocycles. The van der Waals surface area contributed by atoms with Crippen molar-refractivity contribution in [3.63, 3.8) is 0 Å². The van der Waals surface area contributed by atoms with Gasteiger partial charge in [0, 0.05) is 12.1 Å². The second-order valence-corrected chi connectivity index (χ2v) is 3.38. The van der Waals surface area contributed by atoms with E-state index >= 15 is 0 Å². The second kappa shape index (κ2) is 3.69. The van der Waals surface area contributed by atoms with E-state index in [-0.39, 0.29) is 12.4 Å². The predicted octanol–water partition coefficient (Wildman–Crippen LogP) is -0.536. The topological polar surface area (TPSA) is 107 Å². The van der Waals surface area contributed by atoms with Gasteiger partial charge in [-0.05, 0) is 6.92 Å². The largest absolute Gasteiger partial charge is 0.385 e. The Hall–Kier alpha value is -2.31. The first-order valence-corrected chi connectivity index (χ1v) is 4.58. The minimum absolute atomic E-state index is 0.0920. The van der Waals surface area contributed by atoms with E-state index in [1.54, 1.807) is 13.0 Å². The molecule has 0 aliphatic heterocycles. The molecule has 2 rings (SSSR count). The summed E-state index contributed by atoms with van der Waals surface area (Å²) < 4.78 is 6.07. The van der Waals surface area contributed by atoms with E-state index < -0.39 is 11.2 Å². The Morgan fingerprint density at radius 3 is 2.81 bits per heavy atom. The van der Waals surface area contributed by atoms with Gasteiger partial charge in [-0.1, -0.05) is 5.16 Å². The number of nitrogens with one attached hydrogen (secondary N) is 1. The average Bonchev–Trinajstić information content (AvgIpc) is 2.58. The summed E-state index contributed by atoms with van der Waals surface area (Å²) >= 11 is 0. The Morgan fingerprint density at radius 2 is 2.25 bits per heavy atom. The molecule has 0 radical (unpaired) electrons. The van der Waals surface area contributed by atoms with Gasteiger partial charge >= 0.3 is 5.69 Å². The predicted molar refractivity (Wildman–Crippen MR) is 56.1 cm³/mol. The number of aryl methyl sites for hydroxylation is 1. The molecule has 2 aromatic heterocycles. The molecule has 0 spiro atoms. The van der Waals surface area contributed by atoms with Crippen LogP contribution in [0, 0.1) is 6.92 Å². The van der Waals surface area contributed by atoms with Crippen molar-refractivity contribution in [2.24, 2.45) is 0 Å². The molecule has 16 heavy (non-hydrogen) atoms. The van der Waals surface area contributed by atoms with Crippen LogP contribution in [0.2, 0.25) is 0 Å². The van der Waals surface area contributed by atoms with Crippen molar-refractivity contribution in [1.82, 2.24) is 14.7 Å². The van der Waals surface area contributed by atoms with Crippen LogP contribution in [0.5, 0.6) is 0 Å². The Kier molecular flexibility index (Phi) is 2.35. The maximum Gasteiger partial charge on any atom is 0.330 e. The molecule has 0 unspecified atom stereocenters. The number of nitrogens with two attached hydrogens (primary N) is 1. The van der Waals surface area contributed by atoms with Crippen molar-refractivity contribution in [1.29, 1.82) is 0 Å². The van der Waals surface area contributed by atoms with Gasteiger partial charge in [-0.25, -0.2) is 4.79 Å². The Labute approximate surface area is 89.5 Å². The Balaban J connectivity index is 2.42. The van der Waals surface area contributed by atoms with Crippen LogP contribution in [0.1, 0.15) is 11.5 Å². The SMILES string of the molecule is Cc1cc(Cn2c(N)cc(=O)[nH]c2=O)no1. The number of H-pyrrole nitrogens is 1. The lowest BCUT2D eigenvalue weighted by molar-refractivity contribution is 0.388. The number of aromatic nitrogens is 3. The van der Waals surface area contributed by atoms with Crippen molar-refractivity contribution in [2.75, 3.05) is 5.73 Å². The lowest BCUT2D eigenvalue weighted by atomic mass is 10.3. The molecule has 0 aromatic carbocycles. The maximum atomic E-state index is 11.4. The summed E-state index contributed by atoms with van der Waals surface area (Å²) in [6, 6.07) is 2.84. The first kappa shape index (κ1) is 10.2. The van der Waals surface area contributed by atoms with Crippen LogP contribution in [0.4, 0.5) is 5.82 Å². The van der Waals surface area contributed by atoms with Crippen molar-refractivity contribution in [3.05, 3.63) is 44.4 Å². The zero-order valence-corrected chi connectivity index (χ0v) is 8.56. The molecule has 2 heterocycles. The van der Waals surface area contributed by atoms with E-state index in [4.69, 9.17) is 10.3 Å². The third-order valence-corrected chi connectivity index (χ3v) is 2.06. The molecule has 0 amide bonds. The van der Waals surface area contributed by atoms with Crippen LogP contribution in [-0.2, 0) is 6.54 Å². The van der Waals surface area contributed by atoms with Crippen LogP contribution in [0.25, 0.3) is 0 Å². The highest BCUT2D eigenvalue weighted by atomic mass is 16.5. The maximum absolute atomic E-state index is 11.4. The molecule has 3 N–H and O–H groups in total. The van der Waals surface area contributed by atoms with Crippen LogP contribution in [-0.4, -0.2) is 14.7 Å². The molecule has 0 aliphatic carbocycles. The summed E-state index contributed by atoms with van der Waals surface area (Å²) in [6.07, 6.45) is 0. The van der Waals surface area contributed by atoms with Crippen molar-refractivity contribution in [3.8, 4) is 0 Å². The van der Waals surface area contributed by atoms with Gasteiger partial charge in [0.2, 0.25) is 0 Å². The van der Waals surface area contributed by atoms with Crippen molar-refractivity contribution in [2.45, 2.75) is 13.5 Å². The first-order chi connectivity index (χ1) is 7.56. The molecule has 7 nitrogen and oxygen atoms in total. The molecule has 0 fully saturated rings. The van der Waals surface area contributed by atoms with E-state index in [9.17, 15) is 9.59 Å². The summed E-state index contributed by atoms with van der Waals surface area (Å²) in [5.41, 5.74) is 5.05. The van der Waals surface area contributed by atoms with Crippen LogP contribution < -0.4 is 17.0 Å². The summed E-state index contributed by atoms with van der Waals surface area (Å²) in [4.78, 5) is 24.5. The number of hydrogen-bond donors (Lipinski definition) is 2. The second-order valence-electron chi connectivity index (χ2n) is 3.38. The highest BCUT2D eigenvalue weighted by molar-refractivity contribution is 5.27. The number of anilines is 1. The average molecular weight is 222 g/mol. The molecule has 2 aromatic rings. The number of nitrogens with zero attached hydrogens (tertiary/aromatic N) is 2. The quantitative estimate of drug-likeness (QED) is 0.709. The van der Waals surface area contributed by atoms with Gasteiger partial charge in [-0.2, -0.15) is 0 Å². The molecular weight excluding hydrogens is 212 g/mol. The number of rotatable bonds is 2. The van der Waals surface area contributed by atoms with E-state index in [2.05, 4.69) is 10.1 Å². The van der Waals surface area contributed by atoms with E-state index in [1.807, 2.05) is 0 Å². The van der Waals surface area contributed by atoms with E-state index in [1.165, 1.54) is 4.57 Å². The smallest absolute Gasteiger partial charge is 0.330 e. The minimum atomic E-state index is -0.564. The summed E-state index contributed by atoms with van der Waals surface area (Å²) in [6.45, 7) is 1.91. The van der Waals surface area contributed by atoms with E-state index in [0.29, 0.717) is 11.5 Å². The van der Waals surface area contributed by atoms with E-state index in [0.717, 1.165) is 6.07 Å². The summed E-state index contributed by atoms with van der Waals surface area (Å²) in [5, 5.41) is 3.73. The van der Waals surface area contributed by atoms with Gasteiger partial charge in [0.1, 0.15) is 17.3 Å². The van der Waals surface area contributed by atoms with Crippen molar-refractivity contribution < 1.29 is 4.52 Å². The fourth-order valence-electron chi connectivity index (χ4n) is 1.36. The zero-order valence-electron chi connectivity index (χ0n) is 8.56. The minimum Gasteiger partial charge on any atom is -0.385 e. The zero-order chi connectivity index (χ0) is 11.7. The highest BCUT2D eigenvalue weighted by Gasteiger charge is 2.06. The monoisotopic (exact) mass is 222 g/mol. The third-order valence-electron chi connectivity index (χ3n) is 2.06. The molecular formula is C9H10N4O3. The molecule has 84 valence electrons. The van der Waals surface area contributed by atoms with Gasteiger partial charge in [0.25, 0.3) is 5.56 Å².